The Labute approximate surface area is 131 Å². The van der Waals surface area contributed by atoms with Crippen LogP contribution >= 0.6 is 0 Å². The molecule has 112 valence electrons. The number of hydrogen-bond acceptors (Lipinski definition) is 1. The lowest BCUT2D eigenvalue weighted by molar-refractivity contribution is -0.132. The van der Waals surface area contributed by atoms with Crippen LogP contribution in [0.3, 0.4) is 0 Å². The van der Waals surface area contributed by atoms with Crippen LogP contribution in [0.15, 0.2) is 72.8 Å². The van der Waals surface area contributed by atoms with Crippen molar-refractivity contribution in [3.8, 4) is 0 Å². The lowest BCUT2D eigenvalue weighted by Crippen LogP contribution is -1.98. The van der Waals surface area contributed by atoms with E-state index in [1.807, 2.05) is 18.2 Å². The Balaban J connectivity index is 2.28. The second-order valence-corrected chi connectivity index (χ2v) is 5.30. The van der Waals surface area contributed by atoms with Gasteiger partial charge in [-0.1, -0.05) is 72.8 Å². The Kier molecular flexibility index (Phi) is 5.31. The molecule has 0 unspecified atom stereocenters. The average Bonchev–Trinajstić information content (AvgIpc) is 2.53. The quantitative estimate of drug-likeness (QED) is 0.773. The van der Waals surface area contributed by atoms with Crippen molar-refractivity contribution in [2.45, 2.75) is 19.8 Å². The summed E-state index contributed by atoms with van der Waals surface area (Å²) in [5.74, 6) is -0.926. The van der Waals surface area contributed by atoms with Gasteiger partial charge in [-0.05, 0) is 36.5 Å². The zero-order valence-electron chi connectivity index (χ0n) is 12.8. The SMILES string of the molecule is C=C(CCC=C(c1ccccc1)c1ccc(C)cc1)C(=O)O. The second-order valence-electron chi connectivity index (χ2n) is 5.30. The molecule has 0 heterocycles. The summed E-state index contributed by atoms with van der Waals surface area (Å²) in [6.07, 6.45) is 3.20. The molecule has 2 heteroatoms. The van der Waals surface area contributed by atoms with E-state index in [9.17, 15) is 4.79 Å². The highest BCUT2D eigenvalue weighted by atomic mass is 16.4. The fourth-order valence-electron chi connectivity index (χ4n) is 2.25. The van der Waals surface area contributed by atoms with E-state index < -0.39 is 5.97 Å². The smallest absolute Gasteiger partial charge is 0.330 e. The van der Waals surface area contributed by atoms with E-state index in [4.69, 9.17) is 5.11 Å². The number of benzene rings is 2. The molecule has 0 bridgehead atoms. The summed E-state index contributed by atoms with van der Waals surface area (Å²) in [7, 11) is 0. The number of carboxylic acid groups (broad SMARTS) is 1. The lowest BCUT2D eigenvalue weighted by atomic mass is 9.95. The largest absolute Gasteiger partial charge is 0.478 e. The summed E-state index contributed by atoms with van der Waals surface area (Å²) in [5, 5.41) is 8.89. The van der Waals surface area contributed by atoms with Crippen molar-refractivity contribution >= 4 is 11.5 Å². The Morgan fingerprint density at radius 3 is 2.23 bits per heavy atom. The average molecular weight is 292 g/mol. The van der Waals surface area contributed by atoms with Gasteiger partial charge in [0.1, 0.15) is 0 Å². The number of hydrogen-bond donors (Lipinski definition) is 1. The molecule has 2 aromatic rings. The Morgan fingerprint density at radius 1 is 1.05 bits per heavy atom. The molecule has 22 heavy (non-hydrogen) atoms. The molecule has 0 atom stereocenters. The second kappa shape index (κ2) is 7.41. The fraction of sp³-hybridized carbons (Fsp3) is 0.150. The topological polar surface area (TPSA) is 37.3 Å². The highest BCUT2D eigenvalue weighted by Crippen LogP contribution is 2.25. The molecule has 1 N–H and O–H groups in total. The summed E-state index contributed by atoms with van der Waals surface area (Å²) in [6.45, 7) is 5.64. The molecular formula is C20H20O2. The molecule has 0 fully saturated rings. The van der Waals surface area contributed by atoms with Gasteiger partial charge in [-0.15, -0.1) is 0 Å². The van der Waals surface area contributed by atoms with E-state index in [-0.39, 0.29) is 5.57 Å². The number of carbonyl (C=O) groups is 1. The van der Waals surface area contributed by atoms with Crippen molar-refractivity contribution in [2.75, 3.05) is 0 Å². The van der Waals surface area contributed by atoms with Crippen molar-refractivity contribution in [3.05, 3.63) is 89.5 Å². The molecule has 0 aliphatic rings. The number of aryl methyl sites for hydroxylation is 1. The fourth-order valence-corrected chi connectivity index (χ4v) is 2.25. The normalized spacial score (nSPS) is 11.2. The summed E-state index contributed by atoms with van der Waals surface area (Å²) in [4.78, 5) is 10.8. The monoisotopic (exact) mass is 292 g/mol. The third-order valence-corrected chi connectivity index (χ3v) is 3.54. The maximum atomic E-state index is 10.8. The molecule has 0 saturated carbocycles. The first-order chi connectivity index (χ1) is 10.6. The van der Waals surface area contributed by atoms with E-state index in [2.05, 4.69) is 56.0 Å². The molecule has 2 rings (SSSR count). The molecule has 2 aromatic carbocycles. The van der Waals surface area contributed by atoms with Crippen LogP contribution in [-0.2, 0) is 4.79 Å². The minimum Gasteiger partial charge on any atom is -0.478 e. The van der Waals surface area contributed by atoms with Gasteiger partial charge in [-0.3, -0.25) is 0 Å². The summed E-state index contributed by atoms with van der Waals surface area (Å²) in [6, 6.07) is 18.5. The predicted molar refractivity (Wildman–Crippen MR) is 90.7 cm³/mol. The van der Waals surface area contributed by atoms with Crippen LogP contribution in [0.5, 0.6) is 0 Å². The molecule has 0 amide bonds. The van der Waals surface area contributed by atoms with Crippen molar-refractivity contribution in [1.29, 1.82) is 0 Å². The molecule has 2 nitrogen and oxygen atoms in total. The predicted octanol–water partition coefficient (Wildman–Crippen LogP) is 4.85. The Bertz CT molecular complexity index is 679. The Morgan fingerprint density at radius 2 is 1.64 bits per heavy atom. The van der Waals surface area contributed by atoms with Gasteiger partial charge in [0, 0.05) is 5.57 Å². The van der Waals surface area contributed by atoms with Gasteiger partial charge in [0.05, 0.1) is 0 Å². The van der Waals surface area contributed by atoms with Crippen molar-refractivity contribution in [1.82, 2.24) is 0 Å². The molecule has 0 saturated heterocycles. The van der Waals surface area contributed by atoms with Crippen LogP contribution in [0.25, 0.3) is 5.57 Å². The molecule has 0 aromatic heterocycles. The first kappa shape index (κ1) is 15.8. The summed E-state index contributed by atoms with van der Waals surface area (Å²) >= 11 is 0. The molecular weight excluding hydrogens is 272 g/mol. The number of aliphatic carboxylic acids is 1. The third-order valence-electron chi connectivity index (χ3n) is 3.54. The Hall–Kier alpha value is -2.61. The lowest BCUT2D eigenvalue weighted by Gasteiger charge is -2.09. The molecule has 0 spiro atoms. The minimum atomic E-state index is -0.926. The van der Waals surface area contributed by atoms with Crippen molar-refractivity contribution in [3.63, 3.8) is 0 Å². The summed E-state index contributed by atoms with van der Waals surface area (Å²) in [5.41, 5.74) is 4.85. The van der Waals surface area contributed by atoms with E-state index in [1.165, 1.54) is 5.56 Å². The minimum absolute atomic E-state index is 0.243. The first-order valence-corrected chi connectivity index (χ1v) is 7.31. The van der Waals surface area contributed by atoms with Crippen LogP contribution in [-0.4, -0.2) is 11.1 Å². The van der Waals surface area contributed by atoms with Gasteiger partial charge in [-0.25, -0.2) is 4.79 Å². The zero-order chi connectivity index (χ0) is 15.9. The van der Waals surface area contributed by atoms with Gasteiger partial charge < -0.3 is 5.11 Å². The third kappa shape index (κ3) is 4.19. The van der Waals surface area contributed by atoms with E-state index in [0.717, 1.165) is 16.7 Å². The van der Waals surface area contributed by atoms with Crippen LogP contribution in [0.4, 0.5) is 0 Å². The van der Waals surface area contributed by atoms with Gasteiger partial charge in [0.25, 0.3) is 0 Å². The number of allylic oxidation sites excluding steroid dienone is 1. The van der Waals surface area contributed by atoms with Crippen LogP contribution in [0, 0.1) is 6.92 Å². The number of rotatable bonds is 6. The highest BCUT2D eigenvalue weighted by molar-refractivity contribution is 5.86. The van der Waals surface area contributed by atoms with Crippen LogP contribution in [0.1, 0.15) is 29.5 Å². The van der Waals surface area contributed by atoms with Gasteiger partial charge in [0.2, 0.25) is 0 Å². The van der Waals surface area contributed by atoms with E-state index >= 15 is 0 Å². The van der Waals surface area contributed by atoms with Gasteiger partial charge >= 0.3 is 5.97 Å². The maximum Gasteiger partial charge on any atom is 0.330 e. The molecule has 0 aliphatic heterocycles. The van der Waals surface area contributed by atoms with Gasteiger partial charge in [-0.2, -0.15) is 0 Å². The van der Waals surface area contributed by atoms with Crippen LogP contribution < -0.4 is 0 Å². The standard InChI is InChI=1S/C20H20O2/c1-15-11-13-18(14-12-15)19(17-8-4-3-5-9-17)10-6-7-16(2)20(21)22/h3-5,8-14H,2,6-7H2,1H3,(H,21,22). The van der Waals surface area contributed by atoms with Crippen LogP contribution in [0.2, 0.25) is 0 Å². The zero-order valence-corrected chi connectivity index (χ0v) is 12.8. The molecule has 0 aliphatic carbocycles. The highest BCUT2D eigenvalue weighted by Gasteiger charge is 2.06. The maximum absolute atomic E-state index is 10.8. The van der Waals surface area contributed by atoms with E-state index in [0.29, 0.717) is 12.8 Å². The number of carboxylic acids is 1. The first-order valence-electron chi connectivity index (χ1n) is 7.31. The van der Waals surface area contributed by atoms with Gasteiger partial charge in [0.15, 0.2) is 0 Å². The van der Waals surface area contributed by atoms with E-state index in [1.54, 1.807) is 0 Å². The summed E-state index contributed by atoms with van der Waals surface area (Å²) < 4.78 is 0. The molecule has 0 radical (unpaired) electrons. The van der Waals surface area contributed by atoms with Crippen molar-refractivity contribution in [2.24, 2.45) is 0 Å². The van der Waals surface area contributed by atoms with Crippen molar-refractivity contribution < 1.29 is 9.90 Å².